The van der Waals surface area contributed by atoms with Gasteiger partial charge in [-0.3, -0.25) is 4.79 Å². The van der Waals surface area contributed by atoms with Gasteiger partial charge in [0.2, 0.25) is 11.0 Å². The first-order valence-electron chi connectivity index (χ1n) is 6.46. The molecule has 1 aromatic carbocycles. The van der Waals surface area contributed by atoms with Crippen molar-refractivity contribution < 1.29 is 4.79 Å². The van der Waals surface area contributed by atoms with E-state index >= 15 is 0 Å². The second-order valence-electron chi connectivity index (χ2n) is 4.60. The van der Waals surface area contributed by atoms with Crippen molar-refractivity contribution in [1.82, 2.24) is 10.2 Å². The van der Waals surface area contributed by atoms with Gasteiger partial charge in [0.15, 0.2) is 4.34 Å². The van der Waals surface area contributed by atoms with Gasteiger partial charge < -0.3 is 5.32 Å². The number of thioether (sulfide) groups is 1. The number of hydrogen-bond acceptors (Lipinski definition) is 5. The third-order valence-electron chi connectivity index (χ3n) is 2.62. The fourth-order valence-electron chi connectivity index (χ4n) is 1.47. The average molecular weight is 307 g/mol. The van der Waals surface area contributed by atoms with E-state index in [0.717, 1.165) is 16.5 Å². The number of nitrogens with zero attached hydrogens (tertiary/aromatic N) is 2. The third kappa shape index (κ3) is 4.61. The van der Waals surface area contributed by atoms with Crippen LogP contribution in [0.3, 0.4) is 0 Å². The Morgan fingerprint density at radius 1 is 1.30 bits per heavy atom. The van der Waals surface area contributed by atoms with Gasteiger partial charge in [-0.2, -0.15) is 0 Å². The number of nitrogens with one attached hydrogen (secondary N) is 1. The first-order chi connectivity index (χ1) is 9.65. The van der Waals surface area contributed by atoms with Gasteiger partial charge in [0, 0.05) is 11.7 Å². The molecule has 0 bridgehead atoms. The number of benzene rings is 1. The summed E-state index contributed by atoms with van der Waals surface area (Å²) in [6.45, 7) is 3.71. The van der Waals surface area contributed by atoms with Gasteiger partial charge in [-0.25, -0.2) is 0 Å². The summed E-state index contributed by atoms with van der Waals surface area (Å²) in [6, 6.07) is 10.4. The van der Waals surface area contributed by atoms with Gasteiger partial charge in [0.25, 0.3) is 0 Å². The SMILES string of the molecule is CC(C)C(=O)Nc1nnc(SCCc2ccccc2)s1. The molecule has 0 radical (unpaired) electrons. The quantitative estimate of drug-likeness (QED) is 0.656. The fourth-order valence-corrected chi connectivity index (χ4v) is 3.28. The molecule has 0 aliphatic rings. The van der Waals surface area contributed by atoms with E-state index in [1.165, 1.54) is 16.9 Å². The molecule has 0 aliphatic carbocycles. The molecule has 0 saturated carbocycles. The number of rotatable bonds is 6. The van der Waals surface area contributed by atoms with Crippen molar-refractivity contribution in [3.8, 4) is 0 Å². The minimum absolute atomic E-state index is 0.0259. The van der Waals surface area contributed by atoms with E-state index in [2.05, 4.69) is 27.6 Å². The zero-order valence-electron chi connectivity index (χ0n) is 11.5. The second-order valence-corrected chi connectivity index (χ2v) is 6.92. The lowest BCUT2D eigenvalue weighted by atomic mass is 10.2. The van der Waals surface area contributed by atoms with Crippen LogP contribution < -0.4 is 5.32 Å². The molecular weight excluding hydrogens is 290 g/mol. The van der Waals surface area contributed by atoms with Crippen molar-refractivity contribution in [1.29, 1.82) is 0 Å². The van der Waals surface area contributed by atoms with Crippen LogP contribution in [0.5, 0.6) is 0 Å². The van der Waals surface area contributed by atoms with E-state index in [-0.39, 0.29) is 11.8 Å². The highest BCUT2D eigenvalue weighted by Crippen LogP contribution is 2.26. The molecule has 6 heteroatoms. The van der Waals surface area contributed by atoms with Crippen molar-refractivity contribution in [2.75, 3.05) is 11.1 Å². The predicted molar refractivity (Wildman–Crippen MR) is 84.2 cm³/mol. The molecular formula is C14H17N3OS2. The standard InChI is InChI=1S/C14H17N3OS2/c1-10(2)12(18)15-13-16-17-14(20-13)19-9-8-11-6-4-3-5-7-11/h3-7,10H,8-9H2,1-2H3,(H,15,16,18). The van der Waals surface area contributed by atoms with E-state index < -0.39 is 0 Å². The predicted octanol–water partition coefficient (Wildman–Crippen LogP) is 3.47. The van der Waals surface area contributed by atoms with Gasteiger partial charge in [0.1, 0.15) is 0 Å². The summed E-state index contributed by atoms with van der Waals surface area (Å²) in [5, 5.41) is 11.4. The van der Waals surface area contributed by atoms with Gasteiger partial charge in [-0.1, -0.05) is 67.3 Å². The van der Waals surface area contributed by atoms with Crippen LogP contribution in [0.4, 0.5) is 5.13 Å². The molecule has 1 N–H and O–H groups in total. The van der Waals surface area contributed by atoms with Crippen molar-refractivity contribution in [2.45, 2.75) is 24.6 Å². The van der Waals surface area contributed by atoms with Crippen LogP contribution in [0.2, 0.25) is 0 Å². The monoisotopic (exact) mass is 307 g/mol. The summed E-state index contributed by atoms with van der Waals surface area (Å²) < 4.78 is 0.889. The van der Waals surface area contributed by atoms with Gasteiger partial charge in [-0.05, 0) is 12.0 Å². The van der Waals surface area contributed by atoms with Crippen LogP contribution in [0, 0.1) is 5.92 Å². The Labute approximate surface area is 127 Å². The Kier molecular flexibility index (Phi) is 5.55. The second kappa shape index (κ2) is 7.40. The lowest BCUT2D eigenvalue weighted by Gasteiger charge is -2.02. The first kappa shape index (κ1) is 15.0. The normalized spacial score (nSPS) is 10.8. The van der Waals surface area contributed by atoms with E-state index in [0.29, 0.717) is 5.13 Å². The molecule has 0 aliphatic heterocycles. The van der Waals surface area contributed by atoms with Gasteiger partial charge in [0.05, 0.1) is 0 Å². The molecule has 0 spiro atoms. The van der Waals surface area contributed by atoms with Crippen molar-refractivity contribution in [3.63, 3.8) is 0 Å². The van der Waals surface area contributed by atoms with E-state index in [9.17, 15) is 4.79 Å². The molecule has 1 aromatic heterocycles. The molecule has 1 amide bonds. The summed E-state index contributed by atoms with van der Waals surface area (Å²) >= 11 is 3.09. The molecule has 0 saturated heterocycles. The number of hydrogen-bond donors (Lipinski definition) is 1. The smallest absolute Gasteiger partial charge is 0.228 e. The maximum Gasteiger partial charge on any atom is 0.228 e. The molecule has 20 heavy (non-hydrogen) atoms. The zero-order valence-corrected chi connectivity index (χ0v) is 13.1. The molecule has 0 atom stereocenters. The topological polar surface area (TPSA) is 54.9 Å². The van der Waals surface area contributed by atoms with E-state index in [1.54, 1.807) is 11.8 Å². The number of carbonyl (C=O) groups is 1. The maximum absolute atomic E-state index is 11.5. The van der Waals surface area contributed by atoms with Gasteiger partial charge in [-0.15, -0.1) is 10.2 Å². The Balaban J connectivity index is 1.80. The zero-order chi connectivity index (χ0) is 14.4. The number of amides is 1. The summed E-state index contributed by atoms with van der Waals surface area (Å²) in [5.41, 5.74) is 1.32. The molecule has 106 valence electrons. The fraction of sp³-hybridized carbons (Fsp3) is 0.357. The summed E-state index contributed by atoms with van der Waals surface area (Å²) in [5.74, 6) is 0.881. The molecule has 4 nitrogen and oxygen atoms in total. The summed E-state index contributed by atoms with van der Waals surface area (Å²) in [7, 11) is 0. The number of aromatic nitrogens is 2. The largest absolute Gasteiger partial charge is 0.300 e. The molecule has 2 rings (SSSR count). The van der Waals surface area contributed by atoms with Crippen LogP contribution in [-0.4, -0.2) is 21.9 Å². The summed E-state index contributed by atoms with van der Waals surface area (Å²) in [4.78, 5) is 11.5. The average Bonchev–Trinajstić information content (AvgIpc) is 2.87. The summed E-state index contributed by atoms with van der Waals surface area (Å²) in [6.07, 6.45) is 0.999. The van der Waals surface area contributed by atoms with Gasteiger partial charge >= 0.3 is 0 Å². The Morgan fingerprint density at radius 2 is 2.05 bits per heavy atom. The number of anilines is 1. The van der Waals surface area contributed by atoms with Crippen LogP contribution in [-0.2, 0) is 11.2 Å². The Hall–Kier alpha value is -1.40. The van der Waals surface area contributed by atoms with Crippen molar-refractivity contribution >= 4 is 34.1 Å². The minimum atomic E-state index is -0.0481. The highest BCUT2D eigenvalue weighted by Gasteiger charge is 2.11. The van der Waals surface area contributed by atoms with E-state index in [4.69, 9.17) is 0 Å². The third-order valence-corrected chi connectivity index (χ3v) is 4.59. The number of carbonyl (C=O) groups excluding carboxylic acids is 1. The van der Waals surface area contributed by atoms with Crippen LogP contribution >= 0.6 is 23.1 Å². The Bertz CT molecular complexity index is 555. The van der Waals surface area contributed by atoms with Crippen LogP contribution in [0.15, 0.2) is 34.7 Å². The van der Waals surface area contributed by atoms with E-state index in [1.807, 2.05) is 32.0 Å². The van der Waals surface area contributed by atoms with Crippen LogP contribution in [0.25, 0.3) is 0 Å². The van der Waals surface area contributed by atoms with Crippen molar-refractivity contribution in [3.05, 3.63) is 35.9 Å². The maximum atomic E-state index is 11.5. The highest BCUT2D eigenvalue weighted by atomic mass is 32.2. The molecule has 0 fully saturated rings. The molecule has 2 aromatic rings. The lowest BCUT2D eigenvalue weighted by molar-refractivity contribution is -0.118. The highest BCUT2D eigenvalue weighted by molar-refractivity contribution is 8.01. The van der Waals surface area contributed by atoms with Crippen molar-refractivity contribution in [2.24, 2.45) is 5.92 Å². The molecule has 1 heterocycles. The Morgan fingerprint density at radius 3 is 2.75 bits per heavy atom. The first-order valence-corrected chi connectivity index (χ1v) is 8.26. The number of aryl methyl sites for hydroxylation is 1. The lowest BCUT2D eigenvalue weighted by Crippen LogP contribution is -2.17. The van der Waals surface area contributed by atoms with Crippen LogP contribution in [0.1, 0.15) is 19.4 Å². The molecule has 0 unspecified atom stereocenters. The minimum Gasteiger partial charge on any atom is -0.300 e.